The van der Waals surface area contributed by atoms with Crippen molar-refractivity contribution < 1.29 is 13.2 Å². The molecule has 1 amide bonds. The third kappa shape index (κ3) is 4.99. The zero-order valence-electron chi connectivity index (χ0n) is 17.5. The van der Waals surface area contributed by atoms with Gasteiger partial charge in [-0.05, 0) is 61.9 Å². The summed E-state index contributed by atoms with van der Waals surface area (Å²) in [6.45, 7) is 7.31. The Hall–Kier alpha value is -2.34. The molecule has 1 aliphatic heterocycles. The molecule has 156 valence electrons. The normalized spacial score (nSPS) is 14.8. The van der Waals surface area contributed by atoms with Gasteiger partial charge in [0.05, 0.1) is 10.6 Å². The summed E-state index contributed by atoms with van der Waals surface area (Å²) in [5, 5.41) is 0. The van der Waals surface area contributed by atoms with Gasteiger partial charge in [-0.1, -0.05) is 43.7 Å². The molecule has 1 aliphatic rings. The first-order valence-corrected chi connectivity index (χ1v) is 11.7. The van der Waals surface area contributed by atoms with E-state index in [1.807, 2.05) is 19.1 Å². The number of rotatable bonds is 6. The molecule has 0 aromatic heterocycles. The molecule has 2 aromatic rings. The van der Waals surface area contributed by atoms with E-state index in [4.69, 9.17) is 0 Å². The molecule has 0 N–H and O–H groups in total. The van der Waals surface area contributed by atoms with E-state index in [1.165, 1.54) is 4.31 Å². The minimum Gasteiger partial charge on any atom is -0.341 e. The Kier molecular flexibility index (Phi) is 6.63. The fraction of sp³-hybridized carbons (Fsp3) is 0.435. The van der Waals surface area contributed by atoms with Gasteiger partial charge in [-0.3, -0.25) is 9.10 Å². The van der Waals surface area contributed by atoms with Crippen LogP contribution in [0.4, 0.5) is 5.69 Å². The average Bonchev–Trinajstić information content (AvgIpc) is 2.72. The molecule has 0 atom stereocenters. The van der Waals surface area contributed by atoms with E-state index < -0.39 is 10.0 Å². The first-order chi connectivity index (χ1) is 13.8. The van der Waals surface area contributed by atoms with Crippen LogP contribution in [-0.4, -0.2) is 38.9 Å². The number of hydrogen-bond donors (Lipinski definition) is 0. The highest BCUT2D eigenvalue weighted by atomic mass is 32.2. The monoisotopic (exact) mass is 414 g/mol. The smallest absolute Gasteiger partial charge is 0.264 e. The van der Waals surface area contributed by atoms with Crippen LogP contribution in [-0.2, 0) is 14.8 Å². The van der Waals surface area contributed by atoms with Crippen molar-refractivity contribution in [3.05, 3.63) is 59.7 Å². The van der Waals surface area contributed by atoms with Crippen molar-refractivity contribution in [2.75, 3.05) is 23.9 Å². The Morgan fingerprint density at radius 1 is 0.966 bits per heavy atom. The van der Waals surface area contributed by atoms with Crippen LogP contribution in [0.25, 0.3) is 0 Å². The maximum atomic E-state index is 13.4. The molecule has 0 aliphatic carbocycles. The van der Waals surface area contributed by atoms with E-state index in [-0.39, 0.29) is 17.3 Å². The molecular formula is C23H30N2O3S. The molecular weight excluding hydrogens is 384 g/mol. The number of anilines is 1. The summed E-state index contributed by atoms with van der Waals surface area (Å²) in [7, 11) is -3.85. The predicted molar refractivity (Wildman–Crippen MR) is 117 cm³/mol. The van der Waals surface area contributed by atoms with Gasteiger partial charge in [0.25, 0.3) is 10.0 Å². The van der Waals surface area contributed by atoms with E-state index in [9.17, 15) is 13.2 Å². The number of amides is 1. The Morgan fingerprint density at radius 2 is 1.55 bits per heavy atom. The summed E-state index contributed by atoms with van der Waals surface area (Å²) in [5.74, 6) is 0.203. The maximum Gasteiger partial charge on any atom is 0.264 e. The molecule has 1 heterocycles. The first kappa shape index (κ1) is 21.4. The number of carbonyl (C=O) groups excluding carboxylic acids is 1. The van der Waals surface area contributed by atoms with Gasteiger partial charge in [0.1, 0.15) is 6.54 Å². The minimum atomic E-state index is -3.85. The largest absolute Gasteiger partial charge is 0.341 e. The highest BCUT2D eigenvalue weighted by Crippen LogP contribution is 2.26. The fourth-order valence-electron chi connectivity index (χ4n) is 3.54. The van der Waals surface area contributed by atoms with Crippen LogP contribution in [0.5, 0.6) is 0 Å². The quantitative estimate of drug-likeness (QED) is 0.707. The summed E-state index contributed by atoms with van der Waals surface area (Å²) in [6, 6.07) is 14.2. The van der Waals surface area contributed by atoms with Crippen molar-refractivity contribution in [1.29, 1.82) is 0 Å². The lowest BCUT2D eigenvalue weighted by molar-refractivity contribution is -0.130. The Bertz CT molecular complexity index is 929. The molecule has 0 saturated carbocycles. The lowest BCUT2D eigenvalue weighted by Gasteiger charge is -2.30. The molecule has 3 rings (SSSR count). The minimum absolute atomic E-state index is 0.145. The van der Waals surface area contributed by atoms with Gasteiger partial charge in [-0.15, -0.1) is 0 Å². The second-order valence-corrected chi connectivity index (χ2v) is 9.87. The molecule has 0 spiro atoms. The number of nitrogens with zero attached hydrogens (tertiary/aromatic N) is 2. The van der Waals surface area contributed by atoms with E-state index in [0.29, 0.717) is 24.7 Å². The summed E-state index contributed by atoms with van der Waals surface area (Å²) in [4.78, 5) is 14.9. The Balaban J connectivity index is 1.96. The molecule has 6 heteroatoms. The van der Waals surface area contributed by atoms with Crippen molar-refractivity contribution in [1.82, 2.24) is 4.90 Å². The van der Waals surface area contributed by atoms with Crippen LogP contribution >= 0.6 is 0 Å². The van der Waals surface area contributed by atoms with Crippen LogP contribution < -0.4 is 4.31 Å². The molecule has 0 radical (unpaired) electrons. The van der Waals surface area contributed by atoms with Gasteiger partial charge in [-0.2, -0.15) is 0 Å². The van der Waals surface area contributed by atoms with E-state index in [2.05, 4.69) is 13.8 Å². The molecule has 1 saturated heterocycles. The van der Waals surface area contributed by atoms with Crippen molar-refractivity contribution >= 4 is 21.6 Å². The molecule has 5 nitrogen and oxygen atoms in total. The van der Waals surface area contributed by atoms with Crippen molar-refractivity contribution in [2.24, 2.45) is 0 Å². The molecule has 0 bridgehead atoms. The number of aryl methyl sites for hydroxylation is 1. The predicted octanol–water partition coefficient (Wildman–Crippen LogP) is 4.33. The summed E-state index contributed by atoms with van der Waals surface area (Å²) in [6.07, 6.45) is 3.06. The zero-order valence-corrected chi connectivity index (χ0v) is 18.3. The highest BCUT2D eigenvalue weighted by molar-refractivity contribution is 7.92. The van der Waals surface area contributed by atoms with Crippen molar-refractivity contribution in [3.8, 4) is 0 Å². The topological polar surface area (TPSA) is 57.7 Å². The lowest BCUT2D eigenvalue weighted by atomic mass is 10.0. The van der Waals surface area contributed by atoms with Crippen molar-refractivity contribution in [2.45, 2.75) is 50.8 Å². The average molecular weight is 415 g/mol. The van der Waals surface area contributed by atoms with Crippen LogP contribution in [0.1, 0.15) is 50.2 Å². The molecule has 29 heavy (non-hydrogen) atoms. The number of benzene rings is 2. The SMILES string of the molecule is Cc1ccc(S(=O)(=O)N(CC(=O)N2CCCCC2)c2ccc(C(C)C)cc2)cc1. The van der Waals surface area contributed by atoms with Crippen molar-refractivity contribution in [3.63, 3.8) is 0 Å². The number of sulfonamides is 1. The third-order valence-electron chi connectivity index (χ3n) is 5.44. The van der Waals surface area contributed by atoms with Crippen LogP contribution in [0.15, 0.2) is 53.4 Å². The number of hydrogen-bond acceptors (Lipinski definition) is 3. The Labute approximate surface area is 174 Å². The zero-order chi connectivity index (χ0) is 21.0. The molecule has 2 aromatic carbocycles. The summed E-state index contributed by atoms with van der Waals surface area (Å²) in [5.41, 5.74) is 2.63. The fourth-order valence-corrected chi connectivity index (χ4v) is 4.96. The molecule has 1 fully saturated rings. The lowest BCUT2D eigenvalue weighted by Crippen LogP contribution is -2.44. The Morgan fingerprint density at radius 3 is 2.10 bits per heavy atom. The number of carbonyl (C=O) groups is 1. The van der Waals surface area contributed by atoms with Gasteiger partial charge in [0.2, 0.25) is 5.91 Å². The second kappa shape index (κ2) is 8.99. The van der Waals surface area contributed by atoms with Gasteiger partial charge in [0, 0.05) is 13.1 Å². The van der Waals surface area contributed by atoms with E-state index >= 15 is 0 Å². The number of piperidine rings is 1. The highest BCUT2D eigenvalue weighted by Gasteiger charge is 2.29. The van der Waals surface area contributed by atoms with E-state index in [1.54, 1.807) is 41.3 Å². The van der Waals surface area contributed by atoms with Gasteiger partial charge in [-0.25, -0.2) is 8.42 Å². The summed E-state index contributed by atoms with van der Waals surface area (Å²) >= 11 is 0. The summed E-state index contributed by atoms with van der Waals surface area (Å²) < 4.78 is 28.1. The van der Waals surface area contributed by atoms with Crippen LogP contribution in [0.3, 0.4) is 0 Å². The van der Waals surface area contributed by atoms with Crippen LogP contribution in [0, 0.1) is 6.92 Å². The standard InChI is InChI=1S/C23H30N2O3S/c1-18(2)20-9-11-21(12-10-20)25(17-23(26)24-15-5-4-6-16-24)29(27,28)22-13-7-19(3)8-14-22/h7-14,18H,4-6,15-17H2,1-3H3. The van der Waals surface area contributed by atoms with E-state index in [0.717, 1.165) is 30.4 Å². The second-order valence-electron chi connectivity index (χ2n) is 8.01. The first-order valence-electron chi connectivity index (χ1n) is 10.3. The van der Waals surface area contributed by atoms with Gasteiger partial charge < -0.3 is 4.90 Å². The van der Waals surface area contributed by atoms with Gasteiger partial charge in [0.15, 0.2) is 0 Å². The third-order valence-corrected chi connectivity index (χ3v) is 7.23. The number of likely N-dealkylation sites (tertiary alicyclic amines) is 1. The molecule has 0 unspecified atom stereocenters. The van der Waals surface area contributed by atoms with Gasteiger partial charge >= 0.3 is 0 Å². The van der Waals surface area contributed by atoms with Crippen LogP contribution in [0.2, 0.25) is 0 Å². The maximum absolute atomic E-state index is 13.4.